The van der Waals surface area contributed by atoms with Crippen LogP contribution in [-0.4, -0.2) is 4.57 Å². The number of allylic oxidation sites excluding steroid dienone is 1. The maximum absolute atomic E-state index is 3.36. The van der Waals surface area contributed by atoms with Crippen molar-refractivity contribution in [2.24, 2.45) is 0 Å². The minimum Gasteiger partial charge on any atom is -1.00 e. The molecule has 1 aliphatic rings. The van der Waals surface area contributed by atoms with E-state index in [9.17, 15) is 0 Å². The van der Waals surface area contributed by atoms with Crippen molar-refractivity contribution in [3.8, 4) is 0 Å². The van der Waals surface area contributed by atoms with Crippen LogP contribution in [0.4, 0.5) is 0 Å². The molecule has 0 amide bonds. The van der Waals surface area contributed by atoms with Crippen molar-refractivity contribution < 1.29 is 51.0 Å². The molecule has 0 bridgehead atoms. The molecule has 0 saturated heterocycles. The second kappa shape index (κ2) is 7.21. The van der Waals surface area contributed by atoms with Gasteiger partial charge in [0, 0.05) is 12.4 Å². The van der Waals surface area contributed by atoms with Crippen molar-refractivity contribution in [1.82, 2.24) is 4.57 Å². The first-order valence-electron chi connectivity index (χ1n) is 4.76. The van der Waals surface area contributed by atoms with Gasteiger partial charge in [0.05, 0.1) is 0 Å². The molecule has 1 aromatic carbocycles. The zero-order valence-corrected chi connectivity index (χ0v) is 12.9. The molecule has 1 radical (unpaired) electrons. The molecule has 1 aliphatic carbocycles. The number of halogens is 2. The molecule has 3 rings (SSSR count). The van der Waals surface area contributed by atoms with E-state index in [4.69, 9.17) is 0 Å². The molecule has 0 saturated carbocycles. The van der Waals surface area contributed by atoms with Crippen LogP contribution in [0.2, 0.25) is 0 Å². The summed E-state index contributed by atoms with van der Waals surface area (Å²) in [6.45, 7) is 0. The topological polar surface area (TPSA) is 4.93 Å². The summed E-state index contributed by atoms with van der Waals surface area (Å²) in [7, 11) is 0. The van der Waals surface area contributed by atoms with E-state index in [1.165, 1.54) is 11.1 Å². The number of rotatable bonds is 1. The van der Waals surface area contributed by atoms with E-state index in [-0.39, 0.29) is 57.1 Å². The van der Waals surface area contributed by atoms with Crippen molar-refractivity contribution in [2.45, 2.75) is 6.04 Å². The van der Waals surface area contributed by atoms with Gasteiger partial charge in [-0.1, -0.05) is 18.2 Å². The standard InChI is InChI=1S/C13H10N.2ClH.Zr/c1-2-6-12-11(5-1)7-8-13(12)14-9-3-4-10-14;;;/h1-7,9-10,13H;2*1H;/q-1;;;+3/p-2. The first-order chi connectivity index (χ1) is 6.95. The third-order valence-electron chi connectivity index (χ3n) is 2.61. The number of nitrogens with zero attached hydrogens (tertiary/aromatic N) is 1. The van der Waals surface area contributed by atoms with Gasteiger partial charge in [-0.3, -0.25) is 0 Å². The number of benzene rings is 1. The van der Waals surface area contributed by atoms with Gasteiger partial charge in [0.25, 0.3) is 0 Å². The van der Waals surface area contributed by atoms with Crippen LogP contribution in [0.25, 0.3) is 6.08 Å². The van der Waals surface area contributed by atoms with Crippen LogP contribution >= 0.6 is 0 Å². The molecular weight excluding hydrogens is 332 g/mol. The van der Waals surface area contributed by atoms with Crippen LogP contribution in [0.1, 0.15) is 17.2 Å². The van der Waals surface area contributed by atoms with E-state index in [1.54, 1.807) is 0 Å². The van der Waals surface area contributed by atoms with E-state index in [0.717, 1.165) is 0 Å². The quantitative estimate of drug-likeness (QED) is 0.485. The van der Waals surface area contributed by atoms with Gasteiger partial charge in [0.2, 0.25) is 0 Å². The zero-order chi connectivity index (χ0) is 9.38. The van der Waals surface area contributed by atoms with Gasteiger partial charge >= 0.3 is 26.2 Å². The monoisotopic (exact) mass is 340 g/mol. The number of hydrogen-bond donors (Lipinski definition) is 0. The fourth-order valence-corrected chi connectivity index (χ4v) is 1.92. The van der Waals surface area contributed by atoms with Gasteiger partial charge in [-0.05, 0) is 18.2 Å². The second-order valence-corrected chi connectivity index (χ2v) is 3.47. The van der Waals surface area contributed by atoms with Crippen molar-refractivity contribution in [3.05, 3.63) is 66.0 Å². The van der Waals surface area contributed by atoms with Gasteiger partial charge in [-0.15, -0.1) is 11.6 Å². The van der Waals surface area contributed by atoms with Crippen molar-refractivity contribution in [3.63, 3.8) is 0 Å². The number of aromatic nitrogens is 1. The molecule has 0 N–H and O–H groups in total. The summed E-state index contributed by atoms with van der Waals surface area (Å²) in [6, 6.07) is 12.8. The summed E-state index contributed by atoms with van der Waals surface area (Å²) in [5, 5.41) is 0. The molecule has 1 nitrogen and oxygen atoms in total. The van der Waals surface area contributed by atoms with Crippen LogP contribution in [-0.2, 0) is 26.2 Å². The normalized spacial score (nSPS) is 15.2. The molecule has 1 unspecified atom stereocenters. The maximum atomic E-state index is 3.36. The Morgan fingerprint density at radius 3 is 2.29 bits per heavy atom. The molecular formula is C13H10Cl2NZr. The van der Waals surface area contributed by atoms with Crippen LogP contribution in [0.15, 0.2) is 48.8 Å². The summed E-state index contributed by atoms with van der Waals surface area (Å²) >= 11 is 0. The third-order valence-corrected chi connectivity index (χ3v) is 2.61. The summed E-state index contributed by atoms with van der Waals surface area (Å²) in [6.07, 6.45) is 9.59. The minimum absolute atomic E-state index is 0. The Morgan fingerprint density at radius 1 is 0.941 bits per heavy atom. The van der Waals surface area contributed by atoms with Crippen molar-refractivity contribution >= 4 is 6.08 Å². The van der Waals surface area contributed by atoms with E-state index in [1.807, 2.05) is 12.1 Å². The summed E-state index contributed by atoms with van der Waals surface area (Å²) in [4.78, 5) is 0. The molecule has 0 fully saturated rings. The van der Waals surface area contributed by atoms with Gasteiger partial charge < -0.3 is 29.4 Å². The average molecular weight is 342 g/mol. The Bertz CT molecular complexity index is 480. The Balaban J connectivity index is 0.000000853. The number of hydrogen-bond acceptors (Lipinski definition) is 0. The second-order valence-electron chi connectivity index (χ2n) is 3.47. The molecule has 2 aromatic rings. The van der Waals surface area contributed by atoms with E-state index in [0.29, 0.717) is 0 Å². The smallest absolute Gasteiger partial charge is 1.00 e. The van der Waals surface area contributed by atoms with Gasteiger partial charge in [-0.2, -0.15) is 5.56 Å². The predicted molar refractivity (Wildman–Crippen MR) is 56.7 cm³/mol. The fourth-order valence-electron chi connectivity index (χ4n) is 1.92. The first-order valence-corrected chi connectivity index (χ1v) is 4.76. The van der Waals surface area contributed by atoms with Crippen LogP contribution in [0.5, 0.6) is 0 Å². The molecule has 1 aromatic heterocycles. The third kappa shape index (κ3) is 3.13. The maximum Gasteiger partial charge on any atom is 3.00 e. The molecule has 17 heavy (non-hydrogen) atoms. The van der Waals surface area contributed by atoms with Crippen molar-refractivity contribution in [2.75, 3.05) is 0 Å². The molecule has 4 heteroatoms. The Kier molecular flexibility index (Phi) is 7.08. The largest absolute Gasteiger partial charge is 3.00 e. The van der Waals surface area contributed by atoms with E-state index < -0.39 is 0 Å². The Labute approximate surface area is 133 Å². The zero-order valence-electron chi connectivity index (χ0n) is 8.98. The summed E-state index contributed by atoms with van der Waals surface area (Å²) in [5.41, 5.74) is 2.62. The van der Waals surface area contributed by atoms with Gasteiger partial charge in [0.15, 0.2) is 0 Å². The van der Waals surface area contributed by atoms with Gasteiger partial charge in [-0.25, -0.2) is 12.2 Å². The fraction of sp³-hybridized carbons (Fsp3) is 0.0769. The van der Waals surface area contributed by atoms with Gasteiger partial charge in [0.1, 0.15) is 0 Å². The molecule has 0 spiro atoms. The SMILES string of the molecule is [C-]1=Cc2ccccc2C1n1cccc1.[Cl-].[Cl-].[Zr+3]. The van der Waals surface area contributed by atoms with Crippen LogP contribution in [0.3, 0.4) is 0 Å². The minimum atomic E-state index is 0. The Hall–Kier alpha value is -0.297. The molecule has 1 heterocycles. The molecule has 1 atom stereocenters. The van der Waals surface area contributed by atoms with Crippen LogP contribution in [0, 0.1) is 6.08 Å². The number of fused-ring (bicyclic) bond motifs is 1. The Morgan fingerprint density at radius 2 is 1.59 bits per heavy atom. The van der Waals surface area contributed by atoms with Crippen molar-refractivity contribution in [1.29, 1.82) is 0 Å². The first kappa shape index (κ1) is 16.7. The molecule has 0 aliphatic heterocycles. The van der Waals surface area contributed by atoms with E-state index >= 15 is 0 Å². The summed E-state index contributed by atoms with van der Waals surface area (Å²) in [5.74, 6) is 0. The summed E-state index contributed by atoms with van der Waals surface area (Å²) < 4.78 is 2.17. The predicted octanol–water partition coefficient (Wildman–Crippen LogP) is -3.09. The van der Waals surface area contributed by atoms with E-state index in [2.05, 4.69) is 53.4 Å². The average Bonchev–Trinajstić information content (AvgIpc) is 2.85. The van der Waals surface area contributed by atoms with Crippen LogP contribution < -0.4 is 24.8 Å². The molecule has 85 valence electrons.